The molecule has 0 N–H and O–H groups in total. The van der Waals surface area contributed by atoms with E-state index in [-0.39, 0.29) is 28.7 Å². The highest BCUT2D eigenvalue weighted by atomic mass is 32.2. The predicted octanol–water partition coefficient (Wildman–Crippen LogP) is 1.00. The Labute approximate surface area is 176 Å². The molecule has 0 radical (unpaired) electrons. The molecule has 0 unspecified atom stereocenters. The van der Waals surface area contributed by atoms with Gasteiger partial charge in [-0.15, -0.1) is 0 Å². The normalized spacial score (nSPS) is 21.5. The maximum atomic E-state index is 12.9. The number of amides is 1. The number of carbonyl (C=O) groups is 1. The highest BCUT2D eigenvalue weighted by molar-refractivity contribution is 7.96. The molecular formula is C20H23N3O5S2. The van der Waals surface area contributed by atoms with Crippen molar-refractivity contribution in [1.29, 1.82) is 0 Å². The zero-order valence-electron chi connectivity index (χ0n) is 16.3. The second kappa shape index (κ2) is 7.99. The van der Waals surface area contributed by atoms with Crippen LogP contribution in [0.25, 0.3) is 0 Å². The first-order valence-corrected chi connectivity index (χ1v) is 13.1. The maximum absolute atomic E-state index is 12.9. The van der Waals surface area contributed by atoms with Crippen LogP contribution in [0.3, 0.4) is 0 Å². The number of piperazine rings is 1. The monoisotopic (exact) mass is 449 g/mol. The molecule has 160 valence electrons. The van der Waals surface area contributed by atoms with Gasteiger partial charge >= 0.3 is 0 Å². The Hall–Kier alpha value is -2.46. The van der Waals surface area contributed by atoms with Gasteiger partial charge in [0, 0.05) is 37.9 Å². The first-order valence-electron chi connectivity index (χ1n) is 9.76. The molecule has 1 amide bonds. The van der Waals surface area contributed by atoms with Crippen LogP contribution >= 0.6 is 0 Å². The van der Waals surface area contributed by atoms with Gasteiger partial charge in [0.1, 0.15) is 5.82 Å². The summed E-state index contributed by atoms with van der Waals surface area (Å²) in [5.41, 5.74) is 0.295. The Bertz CT molecular complexity index is 1140. The van der Waals surface area contributed by atoms with E-state index in [1.54, 1.807) is 17.2 Å². The van der Waals surface area contributed by atoms with Crippen molar-refractivity contribution in [3.8, 4) is 0 Å². The van der Waals surface area contributed by atoms with E-state index in [0.717, 1.165) is 5.82 Å². The van der Waals surface area contributed by atoms with Crippen molar-refractivity contribution >= 4 is 31.4 Å². The smallest absolute Gasteiger partial charge is 0.254 e. The van der Waals surface area contributed by atoms with E-state index in [1.165, 1.54) is 18.2 Å². The Morgan fingerprint density at radius 1 is 1.03 bits per heavy atom. The molecular weight excluding hydrogens is 426 g/mol. The zero-order valence-corrected chi connectivity index (χ0v) is 18.0. The Balaban J connectivity index is 1.47. The molecule has 0 bridgehead atoms. The van der Waals surface area contributed by atoms with E-state index >= 15 is 0 Å². The van der Waals surface area contributed by atoms with Crippen LogP contribution in [0.4, 0.5) is 5.82 Å². The van der Waals surface area contributed by atoms with Gasteiger partial charge < -0.3 is 9.80 Å². The average molecular weight is 450 g/mol. The lowest BCUT2D eigenvalue weighted by atomic mass is 10.2. The lowest BCUT2D eigenvalue weighted by Crippen LogP contribution is -2.49. The number of hydrogen-bond donors (Lipinski definition) is 0. The van der Waals surface area contributed by atoms with Crippen LogP contribution < -0.4 is 4.90 Å². The van der Waals surface area contributed by atoms with Gasteiger partial charge in [0.15, 0.2) is 19.7 Å². The zero-order chi connectivity index (χ0) is 21.4. The molecule has 0 spiro atoms. The van der Waals surface area contributed by atoms with Gasteiger partial charge in [0.05, 0.1) is 21.7 Å². The van der Waals surface area contributed by atoms with Gasteiger partial charge in [0.25, 0.3) is 5.91 Å². The van der Waals surface area contributed by atoms with E-state index < -0.39 is 24.9 Å². The van der Waals surface area contributed by atoms with Crippen LogP contribution in [0.1, 0.15) is 16.8 Å². The molecule has 1 atom stereocenters. The van der Waals surface area contributed by atoms with Gasteiger partial charge in [0.2, 0.25) is 0 Å². The summed E-state index contributed by atoms with van der Waals surface area (Å²) in [5.74, 6) is 0.162. The molecule has 2 aliphatic heterocycles. The Morgan fingerprint density at radius 3 is 2.43 bits per heavy atom. The SMILES string of the molecule is O=C(c1cccc(S(=O)(=O)[C@H]2CCS(=O)(=O)C2)c1)N1CCN(c2ccccn2)CC1. The first kappa shape index (κ1) is 20.8. The van der Waals surface area contributed by atoms with Crippen molar-refractivity contribution in [3.63, 3.8) is 0 Å². The maximum Gasteiger partial charge on any atom is 0.254 e. The highest BCUT2D eigenvalue weighted by Gasteiger charge is 2.38. The average Bonchev–Trinajstić information content (AvgIpc) is 3.14. The Kier molecular flexibility index (Phi) is 5.54. The number of aromatic nitrogens is 1. The third-order valence-electron chi connectivity index (χ3n) is 5.58. The lowest BCUT2D eigenvalue weighted by Gasteiger charge is -2.35. The van der Waals surface area contributed by atoms with Crippen molar-refractivity contribution in [3.05, 3.63) is 54.2 Å². The Morgan fingerprint density at radius 2 is 1.80 bits per heavy atom. The highest BCUT2D eigenvalue weighted by Crippen LogP contribution is 2.26. The number of anilines is 1. The van der Waals surface area contributed by atoms with E-state index in [4.69, 9.17) is 0 Å². The van der Waals surface area contributed by atoms with Gasteiger partial charge in [-0.3, -0.25) is 4.79 Å². The topological polar surface area (TPSA) is 105 Å². The predicted molar refractivity (Wildman–Crippen MR) is 113 cm³/mol. The summed E-state index contributed by atoms with van der Waals surface area (Å²) >= 11 is 0. The second-order valence-corrected chi connectivity index (χ2v) is 12.0. The fourth-order valence-corrected chi connectivity index (χ4v) is 8.27. The molecule has 0 aliphatic carbocycles. The minimum absolute atomic E-state index is 0.00238. The third kappa shape index (κ3) is 4.20. The first-order chi connectivity index (χ1) is 14.3. The molecule has 3 heterocycles. The van der Waals surface area contributed by atoms with Gasteiger partial charge in [-0.05, 0) is 36.8 Å². The molecule has 2 aromatic rings. The molecule has 10 heteroatoms. The van der Waals surface area contributed by atoms with E-state index in [9.17, 15) is 21.6 Å². The molecule has 2 fully saturated rings. The summed E-state index contributed by atoms with van der Waals surface area (Å²) in [7, 11) is -7.13. The molecule has 4 rings (SSSR count). The molecule has 2 aliphatic rings. The number of rotatable bonds is 4. The lowest BCUT2D eigenvalue weighted by molar-refractivity contribution is 0.0746. The van der Waals surface area contributed by atoms with Crippen LogP contribution in [0, 0.1) is 0 Å². The minimum Gasteiger partial charge on any atom is -0.353 e. The standard InChI is InChI=1S/C20H23N3O5S2/c24-20(23-11-9-22(10-12-23)19-6-1-2-8-21-19)16-4-3-5-17(14-16)30(27,28)18-7-13-29(25,26)15-18/h1-6,8,14,18H,7,9-13,15H2/t18-/m0/s1. The number of carbonyl (C=O) groups excluding carboxylic acids is 1. The summed E-state index contributed by atoms with van der Waals surface area (Å²) in [6, 6.07) is 11.6. The molecule has 30 heavy (non-hydrogen) atoms. The van der Waals surface area contributed by atoms with E-state index in [0.29, 0.717) is 31.7 Å². The summed E-state index contributed by atoms with van der Waals surface area (Å²) in [5, 5.41) is -0.949. The van der Waals surface area contributed by atoms with Gasteiger partial charge in [-0.25, -0.2) is 21.8 Å². The molecule has 2 saturated heterocycles. The summed E-state index contributed by atoms with van der Waals surface area (Å²) in [6.45, 7) is 2.29. The largest absolute Gasteiger partial charge is 0.353 e. The number of hydrogen-bond acceptors (Lipinski definition) is 7. The van der Waals surface area contributed by atoms with E-state index in [2.05, 4.69) is 9.88 Å². The van der Waals surface area contributed by atoms with Gasteiger partial charge in [-0.2, -0.15) is 0 Å². The quantitative estimate of drug-likeness (QED) is 0.686. The summed E-state index contributed by atoms with van der Waals surface area (Å²) in [4.78, 5) is 21.1. The van der Waals surface area contributed by atoms with Crippen molar-refractivity contribution < 1.29 is 21.6 Å². The fraction of sp³-hybridized carbons (Fsp3) is 0.400. The van der Waals surface area contributed by atoms with Crippen molar-refractivity contribution in [1.82, 2.24) is 9.88 Å². The number of benzene rings is 1. The molecule has 0 saturated carbocycles. The van der Waals surface area contributed by atoms with E-state index in [1.807, 2.05) is 18.2 Å². The molecule has 8 nitrogen and oxygen atoms in total. The number of sulfone groups is 2. The van der Waals surface area contributed by atoms with Crippen LogP contribution in [-0.2, 0) is 19.7 Å². The second-order valence-electron chi connectivity index (χ2n) is 7.57. The van der Waals surface area contributed by atoms with Crippen LogP contribution in [0.5, 0.6) is 0 Å². The molecule has 1 aromatic heterocycles. The van der Waals surface area contributed by atoms with Crippen molar-refractivity contribution in [2.45, 2.75) is 16.6 Å². The number of pyridine rings is 1. The fourth-order valence-electron chi connectivity index (χ4n) is 3.87. The third-order valence-corrected chi connectivity index (χ3v) is 9.75. The van der Waals surface area contributed by atoms with Gasteiger partial charge in [-0.1, -0.05) is 12.1 Å². The van der Waals surface area contributed by atoms with Crippen molar-refractivity contribution in [2.75, 3.05) is 42.6 Å². The minimum atomic E-state index is -3.81. The summed E-state index contributed by atoms with van der Waals surface area (Å²) in [6.07, 6.45) is 1.83. The van der Waals surface area contributed by atoms with Crippen LogP contribution in [-0.4, -0.2) is 75.6 Å². The van der Waals surface area contributed by atoms with Crippen LogP contribution in [0.2, 0.25) is 0 Å². The summed E-state index contributed by atoms with van der Waals surface area (Å²) < 4.78 is 49.1. The number of nitrogens with zero attached hydrogens (tertiary/aromatic N) is 3. The molecule has 1 aromatic carbocycles. The van der Waals surface area contributed by atoms with Crippen LogP contribution in [0.15, 0.2) is 53.6 Å². The van der Waals surface area contributed by atoms with Crippen molar-refractivity contribution in [2.24, 2.45) is 0 Å².